The zero-order valence-electron chi connectivity index (χ0n) is 11.5. The zero-order chi connectivity index (χ0) is 13.1. The van der Waals surface area contributed by atoms with Gasteiger partial charge in [-0.3, -0.25) is 4.90 Å². The summed E-state index contributed by atoms with van der Waals surface area (Å²) < 4.78 is 0. The van der Waals surface area contributed by atoms with Gasteiger partial charge in [0.25, 0.3) is 0 Å². The Bertz CT molecular complexity index is 420. The summed E-state index contributed by atoms with van der Waals surface area (Å²) in [6.45, 7) is 3.55. The molecule has 3 rings (SSSR count). The van der Waals surface area contributed by atoms with Gasteiger partial charge in [-0.1, -0.05) is 19.3 Å². The Morgan fingerprint density at radius 1 is 1.26 bits per heavy atom. The second-order valence-electron chi connectivity index (χ2n) is 6.02. The smallest absolute Gasteiger partial charge is 0.140 e. The van der Waals surface area contributed by atoms with E-state index in [1.165, 1.54) is 50.8 Å². The molecule has 2 heterocycles. The molecule has 1 aromatic rings. The van der Waals surface area contributed by atoms with E-state index in [1.807, 2.05) is 12.3 Å². The molecule has 0 bridgehead atoms. The van der Waals surface area contributed by atoms with E-state index in [4.69, 9.17) is 5.84 Å². The molecule has 0 aromatic carbocycles. The van der Waals surface area contributed by atoms with Gasteiger partial charge in [0, 0.05) is 19.3 Å². The van der Waals surface area contributed by atoms with Crippen molar-refractivity contribution in [3.63, 3.8) is 0 Å². The fourth-order valence-electron chi connectivity index (χ4n) is 3.73. The van der Waals surface area contributed by atoms with Crippen LogP contribution < -0.4 is 11.3 Å². The fourth-order valence-corrected chi connectivity index (χ4v) is 3.73. The van der Waals surface area contributed by atoms with Crippen molar-refractivity contribution >= 4 is 5.82 Å². The van der Waals surface area contributed by atoms with Crippen molar-refractivity contribution in [1.29, 1.82) is 0 Å². The number of hydrogen-bond acceptors (Lipinski definition) is 4. The summed E-state index contributed by atoms with van der Waals surface area (Å²) in [6.07, 6.45) is 9.01. The zero-order valence-corrected chi connectivity index (χ0v) is 11.5. The molecule has 0 radical (unpaired) electrons. The minimum absolute atomic E-state index is 0.755. The normalized spacial score (nSPS) is 27.8. The number of piperidine rings is 1. The lowest BCUT2D eigenvalue weighted by Crippen LogP contribution is -2.41. The lowest BCUT2D eigenvalue weighted by atomic mass is 9.75. The van der Waals surface area contributed by atoms with Gasteiger partial charge >= 0.3 is 0 Å². The van der Waals surface area contributed by atoms with Crippen molar-refractivity contribution in [2.75, 3.05) is 18.5 Å². The second kappa shape index (κ2) is 5.88. The van der Waals surface area contributed by atoms with Crippen molar-refractivity contribution in [3.05, 3.63) is 23.9 Å². The molecule has 1 aliphatic carbocycles. The Labute approximate surface area is 115 Å². The van der Waals surface area contributed by atoms with Crippen LogP contribution in [0.25, 0.3) is 0 Å². The maximum absolute atomic E-state index is 5.41. The van der Waals surface area contributed by atoms with E-state index in [1.54, 1.807) is 0 Å². The van der Waals surface area contributed by atoms with Crippen molar-refractivity contribution in [3.8, 4) is 0 Å². The fraction of sp³-hybridized carbons (Fsp3) is 0.667. The average Bonchev–Trinajstić information content (AvgIpc) is 2.47. The van der Waals surface area contributed by atoms with Gasteiger partial charge in [-0.15, -0.1) is 0 Å². The van der Waals surface area contributed by atoms with Gasteiger partial charge in [0.05, 0.1) is 0 Å². The molecule has 0 amide bonds. The van der Waals surface area contributed by atoms with Crippen LogP contribution in [0.3, 0.4) is 0 Å². The molecule has 4 heteroatoms. The SMILES string of the molecule is NNc1cc(CN2CCC3CCCCC3C2)ccn1. The van der Waals surface area contributed by atoms with Crippen molar-refractivity contribution in [2.24, 2.45) is 17.7 Å². The van der Waals surface area contributed by atoms with Gasteiger partial charge < -0.3 is 5.43 Å². The number of nitrogen functional groups attached to an aromatic ring is 1. The number of pyridine rings is 1. The number of fused-ring (bicyclic) bond motifs is 1. The van der Waals surface area contributed by atoms with Gasteiger partial charge in [-0.2, -0.15) is 0 Å². The van der Waals surface area contributed by atoms with Crippen LogP contribution in [0.4, 0.5) is 5.82 Å². The quantitative estimate of drug-likeness (QED) is 0.647. The molecule has 2 fully saturated rings. The standard InChI is InChI=1S/C15H24N4/c16-18-15-9-12(5-7-17-15)10-19-8-6-13-3-1-2-4-14(13)11-19/h5,7,9,13-14H,1-4,6,8,10-11,16H2,(H,17,18). The molecule has 3 N–H and O–H groups in total. The molecule has 19 heavy (non-hydrogen) atoms. The Morgan fingerprint density at radius 3 is 2.95 bits per heavy atom. The topological polar surface area (TPSA) is 54.2 Å². The summed E-state index contributed by atoms with van der Waals surface area (Å²) in [4.78, 5) is 6.76. The predicted molar refractivity (Wildman–Crippen MR) is 77.4 cm³/mol. The highest BCUT2D eigenvalue weighted by molar-refractivity contribution is 5.35. The largest absolute Gasteiger partial charge is 0.308 e. The van der Waals surface area contributed by atoms with E-state index in [0.717, 1.165) is 24.2 Å². The highest BCUT2D eigenvalue weighted by Gasteiger charge is 2.30. The van der Waals surface area contributed by atoms with Crippen molar-refractivity contribution in [2.45, 2.75) is 38.6 Å². The van der Waals surface area contributed by atoms with Crippen LogP contribution in [-0.2, 0) is 6.54 Å². The van der Waals surface area contributed by atoms with Crippen LogP contribution in [0.2, 0.25) is 0 Å². The van der Waals surface area contributed by atoms with E-state index in [2.05, 4.69) is 21.4 Å². The Morgan fingerprint density at radius 2 is 2.11 bits per heavy atom. The molecular weight excluding hydrogens is 236 g/mol. The number of nitrogens with zero attached hydrogens (tertiary/aromatic N) is 2. The summed E-state index contributed by atoms with van der Waals surface area (Å²) in [5.41, 5.74) is 3.92. The van der Waals surface area contributed by atoms with Crippen LogP contribution >= 0.6 is 0 Å². The maximum Gasteiger partial charge on any atom is 0.140 e. The highest BCUT2D eigenvalue weighted by Crippen LogP contribution is 2.36. The minimum Gasteiger partial charge on any atom is -0.308 e. The minimum atomic E-state index is 0.755. The third-order valence-corrected chi connectivity index (χ3v) is 4.75. The third-order valence-electron chi connectivity index (χ3n) is 4.75. The second-order valence-corrected chi connectivity index (χ2v) is 6.02. The van der Waals surface area contributed by atoms with Crippen LogP contribution in [0, 0.1) is 11.8 Å². The first-order valence-corrected chi connectivity index (χ1v) is 7.49. The van der Waals surface area contributed by atoms with E-state index in [-0.39, 0.29) is 0 Å². The summed E-state index contributed by atoms with van der Waals surface area (Å²) in [5, 5.41) is 0. The third kappa shape index (κ3) is 3.07. The van der Waals surface area contributed by atoms with E-state index in [9.17, 15) is 0 Å². The Hall–Kier alpha value is -1.13. The van der Waals surface area contributed by atoms with Gasteiger partial charge in [0.2, 0.25) is 0 Å². The molecule has 1 aromatic heterocycles. The predicted octanol–water partition coefficient (Wildman–Crippen LogP) is 2.38. The van der Waals surface area contributed by atoms with Gasteiger partial charge in [0.1, 0.15) is 5.82 Å². The molecule has 1 aliphatic heterocycles. The number of nitrogens with one attached hydrogen (secondary N) is 1. The summed E-state index contributed by atoms with van der Waals surface area (Å²) in [7, 11) is 0. The number of anilines is 1. The number of aromatic nitrogens is 1. The molecule has 1 saturated carbocycles. The summed E-state index contributed by atoms with van der Waals surface area (Å²) in [5.74, 6) is 8.11. The van der Waals surface area contributed by atoms with Crippen LogP contribution in [0.5, 0.6) is 0 Å². The van der Waals surface area contributed by atoms with Gasteiger partial charge in [-0.25, -0.2) is 10.8 Å². The number of hydrazine groups is 1. The molecule has 1 saturated heterocycles. The van der Waals surface area contributed by atoms with E-state index in [0.29, 0.717) is 0 Å². The molecular formula is C15H24N4. The molecule has 2 unspecified atom stereocenters. The highest BCUT2D eigenvalue weighted by atomic mass is 15.2. The van der Waals surface area contributed by atoms with Crippen molar-refractivity contribution < 1.29 is 0 Å². The first kappa shape index (κ1) is 12.9. The molecule has 2 aliphatic rings. The lowest BCUT2D eigenvalue weighted by molar-refractivity contribution is 0.0820. The first-order valence-electron chi connectivity index (χ1n) is 7.49. The molecule has 2 atom stereocenters. The summed E-state index contributed by atoms with van der Waals surface area (Å²) >= 11 is 0. The number of nitrogens with two attached hydrogens (primary N) is 1. The van der Waals surface area contributed by atoms with Crippen LogP contribution in [0.1, 0.15) is 37.7 Å². The lowest BCUT2D eigenvalue weighted by Gasteiger charge is -2.41. The Kier molecular flexibility index (Phi) is 3.99. The van der Waals surface area contributed by atoms with Gasteiger partial charge in [-0.05, 0) is 48.9 Å². The molecule has 4 nitrogen and oxygen atoms in total. The monoisotopic (exact) mass is 260 g/mol. The number of likely N-dealkylation sites (tertiary alicyclic amines) is 1. The van der Waals surface area contributed by atoms with E-state index < -0.39 is 0 Å². The van der Waals surface area contributed by atoms with Gasteiger partial charge in [0.15, 0.2) is 0 Å². The number of hydrogen-bond donors (Lipinski definition) is 2. The first-order chi connectivity index (χ1) is 9.35. The number of rotatable bonds is 3. The average molecular weight is 260 g/mol. The van der Waals surface area contributed by atoms with Crippen molar-refractivity contribution in [1.82, 2.24) is 9.88 Å². The van der Waals surface area contributed by atoms with E-state index >= 15 is 0 Å². The molecule has 0 spiro atoms. The van der Waals surface area contributed by atoms with Crippen LogP contribution in [-0.4, -0.2) is 23.0 Å². The maximum atomic E-state index is 5.41. The summed E-state index contributed by atoms with van der Waals surface area (Å²) in [6, 6.07) is 4.14. The molecule has 104 valence electrons. The Balaban J connectivity index is 1.60. The van der Waals surface area contributed by atoms with Crippen LogP contribution in [0.15, 0.2) is 18.3 Å².